The Hall–Kier alpha value is -3.58. The van der Waals surface area contributed by atoms with Gasteiger partial charge >= 0.3 is 0 Å². The molecule has 0 atom stereocenters. The zero-order valence-corrected chi connectivity index (χ0v) is 18.3. The van der Waals surface area contributed by atoms with Gasteiger partial charge in [-0.3, -0.25) is 9.36 Å². The topological polar surface area (TPSA) is 62.6 Å². The average molecular weight is 445 g/mol. The maximum absolute atomic E-state index is 13.4. The van der Waals surface area contributed by atoms with E-state index in [1.807, 2.05) is 47.8 Å². The number of hydrogen-bond donors (Lipinski definition) is 0. The summed E-state index contributed by atoms with van der Waals surface area (Å²) in [7, 11) is 1.62. The van der Waals surface area contributed by atoms with Gasteiger partial charge in [0.05, 0.1) is 12.5 Å². The highest BCUT2D eigenvalue weighted by Crippen LogP contribution is 2.42. The fraction of sp³-hybridized carbons (Fsp3) is 0.200. The van der Waals surface area contributed by atoms with Crippen molar-refractivity contribution in [3.63, 3.8) is 0 Å². The van der Waals surface area contributed by atoms with E-state index in [1.54, 1.807) is 11.7 Å². The highest BCUT2D eigenvalue weighted by Gasteiger charge is 2.24. The van der Waals surface area contributed by atoms with Crippen LogP contribution in [0, 0.1) is 0 Å². The summed E-state index contributed by atoms with van der Waals surface area (Å²) in [5, 5.41) is 2.73. The first-order valence-electron chi connectivity index (χ1n) is 10.5. The fourth-order valence-corrected chi connectivity index (χ4v) is 5.30. The summed E-state index contributed by atoms with van der Waals surface area (Å²) in [5.41, 5.74) is 3.97. The molecule has 0 radical (unpaired) electrons. The molecule has 0 saturated heterocycles. The van der Waals surface area contributed by atoms with Crippen molar-refractivity contribution >= 4 is 33.2 Å². The standard InChI is InChI=1S/C25H20N2O4S/c1-29-19-12-15(13-20-22(19)31-10-9-30-20)11-17-7-8-27-23(17)26-24-21(25(27)28)18(14-32-24)16-5-3-2-4-6-16/h2-6,11-14H,7-10H2,1H3/b17-11+. The van der Waals surface area contributed by atoms with Crippen molar-refractivity contribution < 1.29 is 14.2 Å². The summed E-state index contributed by atoms with van der Waals surface area (Å²) in [4.78, 5) is 19.1. The molecule has 2 aliphatic rings. The summed E-state index contributed by atoms with van der Waals surface area (Å²) in [6, 6.07) is 13.9. The lowest BCUT2D eigenvalue weighted by molar-refractivity contribution is 0.165. The van der Waals surface area contributed by atoms with E-state index in [0.29, 0.717) is 42.4 Å². The number of thiophene rings is 1. The van der Waals surface area contributed by atoms with Crippen LogP contribution in [0.25, 0.3) is 33.0 Å². The molecular formula is C25H20N2O4S. The molecule has 4 aromatic rings. The maximum Gasteiger partial charge on any atom is 0.263 e. The lowest BCUT2D eigenvalue weighted by Gasteiger charge is -2.21. The Morgan fingerprint density at radius 2 is 2.00 bits per heavy atom. The van der Waals surface area contributed by atoms with Crippen LogP contribution in [-0.2, 0) is 6.54 Å². The van der Waals surface area contributed by atoms with Crippen molar-refractivity contribution in [2.24, 2.45) is 0 Å². The molecule has 0 unspecified atom stereocenters. The van der Waals surface area contributed by atoms with Crippen LogP contribution < -0.4 is 19.8 Å². The minimum absolute atomic E-state index is 0.0215. The Labute approximate surface area is 188 Å². The van der Waals surface area contributed by atoms with E-state index in [0.717, 1.165) is 39.3 Å². The first kappa shape index (κ1) is 19.1. The van der Waals surface area contributed by atoms with Gasteiger partial charge < -0.3 is 14.2 Å². The molecule has 0 N–H and O–H groups in total. The highest BCUT2D eigenvalue weighted by molar-refractivity contribution is 7.17. The lowest BCUT2D eigenvalue weighted by Crippen LogP contribution is -2.20. The molecule has 2 aliphatic heterocycles. The molecule has 4 heterocycles. The first-order valence-corrected chi connectivity index (χ1v) is 11.4. The van der Waals surface area contributed by atoms with Crippen molar-refractivity contribution in [2.75, 3.05) is 20.3 Å². The summed E-state index contributed by atoms with van der Waals surface area (Å²) in [6.07, 6.45) is 2.81. The van der Waals surface area contributed by atoms with Gasteiger partial charge in [-0.15, -0.1) is 11.3 Å². The number of allylic oxidation sites excluding steroid dienone is 1. The van der Waals surface area contributed by atoms with E-state index in [1.165, 1.54) is 11.3 Å². The molecule has 0 aliphatic carbocycles. The number of aromatic nitrogens is 2. The summed E-state index contributed by atoms with van der Waals surface area (Å²) < 4.78 is 18.8. The van der Waals surface area contributed by atoms with Gasteiger partial charge in [-0.05, 0) is 41.3 Å². The van der Waals surface area contributed by atoms with Crippen LogP contribution in [0.4, 0.5) is 0 Å². The van der Waals surface area contributed by atoms with Gasteiger partial charge in [0.2, 0.25) is 5.75 Å². The number of benzene rings is 2. The Kier molecular flexibility index (Phi) is 4.50. The van der Waals surface area contributed by atoms with Crippen molar-refractivity contribution in [1.82, 2.24) is 9.55 Å². The monoisotopic (exact) mass is 444 g/mol. The predicted octanol–water partition coefficient (Wildman–Crippen LogP) is 4.85. The third-order valence-corrected chi connectivity index (χ3v) is 6.73. The Bertz CT molecular complexity index is 1420. The van der Waals surface area contributed by atoms with Crippen LogP contribution in [0.15, 0.2) is 52.6 Å². The summed E-state index contributed by atoms with van der Waals surface area (Å²) in [5.74, 6) is 2.68. The van der Waals surface area contributed by atoms with Gasteiger partial charge in [0.1, 0.15) is 23.9 Å². The SMILES string of the molecule is COc1cc(/C=C2\CCn3c2nc2scc(-c4ccccc4)c2c3=O)cc2c1OCCO2. The minimum Gasteiger partial charge on any atom is -0.493 e. The number of fused-ring (bicyclic) bond motifs is 3. The normalized spacial score (nSPS) is 15.8. The van der Waals surface area contributed by atoms with Gasteiger partial charge in [0, 0.05) is 17.5 Å². The quantitative estimate of drug-likeness (QED) is 0.452. The van der Waals surface area contributed by atoms with Gasteiger partial charge in [0.15, 0.2) is 11.5 Å². The van der Waals surface area contributed by atoms with E-state index in [9.17, 15) is 4.79 Å². The van der Waals surface area contributed by atoms with Gasteiger partial charge in [-0.25, -0.2) is 4.98 Å². The fourth-order valence-electron chi connectivity index (χ4n) is 4.37. The van der Waals surface area contributed by atoms with Crippen molar-refractivity contribution in [1.29, 1.82) is 0 Å². The van der Waals surface area contributed by atoms with Crippen LogP contribution in [-0.4, -0.2) is 29.9 Å². The molecule has 6 rings (SSSR count). The number of rotatable bonds is 3. The molecule has 0 spiro atoms. The lowest BCUT2D eigenvalue weighted by atomic mass is 10.1. The van der Waals surface area contributed by atoms with Crippen molar-refractivity contribution in [3.8, 4) is 28.4 Å². The van der Waals surface area contributed by atoms with E-state index in [2.05, 4.69) is 6.08 Å². The third kappa shape index (κ3) is 3.00. The highest BCUT2D eigenvalue weighted by atomic mass is 32.1. The van der Waals surface area contributed by atoms with Crippen LogP contribution in [0.2, 0.25) is 0 Å². The number of methoxy groups -OCH3 is 1. The van der Waals surface area contributed by atoms with E-state index >= 15 is 0 Å². The molecule has 0 bridgehead atoms. The van der Waals surface area contributed by atoms with Gasteiger partial charge in [-0.1, -0.05) is 30.3 Å². The van der Waals surface area contributed by atoms with Crippen LogP contribution in [0.1, 0.15) is 17.8 Å². The zero-order valence-electron chi connectivity index (χ0n) is 17.5. The smallest absolute Gasteiger partial charge is 0.263 e. The Balaban J connectivity index is 1.46. The van der Waals surface area contributed by atoms with E-state index < -0.39 is 0 Å². The third-order valence-electron chi connectivity index (χ3n) is 5.86. The van der Waals surface area contributed by atoms with Crippen molar-refractivity contribution in [3.05, 3.63) is 69.6 Å². The van der Waals surface area contributed by atoms with E-state index in [-0.39, 0.29) is 5.56 Å². The molecule has 2 aromatic heterocycles. The molecule has 2 aromatic carbocycles. The number of hydrogen-bond acceptors (Lipinski definition) is 6. The molecule has 0 saturated carbocycles. The summed E-state index contributed by atoms with van der Waals surface area (Å²) >= 11 is 1.51. The molecule has 0 fully saturated rings. The second-order valence-electron chi connectivity index (χ2n) is 7.75. The second-order valence-corrected chi connectivity index (χ2v) is 8.61. The zero-order chi connectivity index (χ0) is 21.7. The van der Waals surface area contributed by atoms with Crippen LogP contribution in [0.5, 0.6) is 17.2 Å². The molecule has 0 amide bonds. The minimum atomic E-state index is 0.0215. The Morgan fingerprint density at radius 3 is 2.84 bits per heavy atom. The van der Waals surface area contributed by atoms with Crippen LogP contribution in [0.3, 0.4) is 0 Å². The molecule has 6 nitrogen and oxygen atoms in total. The van der Waals surface area contributed by atoms with Crippen LogP contribution >= 0.6 is 11.3 Å². The van der Waals surface area contributed by atoms with E-state index in [4.69, 9.17) is 19.2 Å². The van der Waals surface area contributed by atoms with Gasteiger partial charge in [0.25, 0.3) is 5.56 Å². The average Bonchev–Trinajstić information content (AvgIpc) is 3.44. The predicted molar refractivity (Wildman–Crippen MR) is 126 cm³/mol. The maximum atomic E-state index is 13.4. The first-order chi connectivity index (χ1) is 15.7. The Morgan fingerprint density at radius 1 is 1.16 bits per heavy atom. The molecule has 7 heteroatoms. The number of ether oxygens (including phenoxy) is 3. The molecular weight excluding hydrogens is 424 g/mol. The second kappa shape index (κ2) is 7.53. The number of nitrogens with zero attached hydrogens (tertiary/aromatic N) is 2. The van der Waals surface area contributed by atoms with Crippen molar-refractivity contribution in [2.45, 2.75) is 13.0 Å². The molecule has 160 valence electrons. The largest absolute Gasteiger partial charge is 0.493 e. The van der Waals surface area contributed by atoms with Gasteiger partial charge in [-0.2, -0.15) is 0 Å². The summed E-state index contributed by atoms with van der Waals surface area (Å²) in [6.45, 7) is 1.64. The molecule has 32 heavy (non-hydrogen) atoms.